The average molecular weight is 399 g/mol. The van der Waals surface area contributed by atoms with E-state index < -0.39 is 0 Å². The van der Waals surface area contributed by atoms with Gasteiger partial charge in [0.05, 0.1) is 18.0 Å². The fourth-order valence-corrected chi connectivity index (χ4v) is 2.77. The zero-order valence-electron chi connectivity index (χ0n) is 14.1. The Balaban J connectivity index is 1.86. The van der Waals surface area contributed by atoms with Gasteiger partial charge in [-0.3, -0.25) is 0 Å². The highest BCUT2D eigenvalue weighted by Crippen LogP contribution is 2.29. The fraction of sp³-hybridized carbons (Fsp3) is 0.158. The minimum absolute atomic E-state index is 0.607. The number of aromatic nitrogens is 2. The predicted octanol–water partition coefficient (Wildman–Crippen LogP) is 5.43. The van der Waals surface area contributed by atoms with Crippen LogP contribution in [0.2, 0.25) is 0 Å². The molecule has 0 aliphatic rings. The maximum absolute atomic E-state index is 5.65. The summed E-state index contributed by atoms with van der Waals surface area (Å²) in [6.07, 6.45) is 0. The van der Waals surface area contributed by atoms with Crippen LogP contribution in [-0.2, 0) is 0 Å². The molecule has 128 valence electrons. The summed E-state index contributed by atoms with van der Waals surface area (Å²) in [6.45, 7) is 4.44. The van der Waals surface area contributed by atoms with Crippen LogP contribution < -0.4 is 15.4 Å². The number of para-hydroxylation sites is 3. The molecule has 3 aromatic rings. The summed E-state index contributed by atoms with van der Waals surface area (Å²) < 4.78 is 6.63. The van der Waals surface area contributed by atoms with Crippen molar-refractivity contribution in [2.24, 2.45) is 0 Å². The van der Waals surface area contributed by atoms with Gasteiger partial charge in [-0.1, -0.05) is 24.3 Å². The number of halogens is 1. The summed E-state index contributed by atoms with van der Waals surface area (Å²) in [5.41, 5.74) is 1.82. The molecule has 0 unspecified atom stereocenters. The molecule has 0 aliphatic heterocycles. The van der Waals surface area contributed by atoms with Gasteiger partial charge in [-0.05, 0) is 54.0 Å². The highest BCUT2D eigenvalue weighted by molar-refractivity contribution is 9.10. The summed E-state index contributed by atoms with van der Waals surface area (Å²) in [5, 5.41) is 6.62. The first kappa shape index (κ1) is 17.2. The Morgan fingerprint density at radius 3 is 2.20 bits per heavy atom. The molecule has 0 fully saturated rings. The SMILES string of the molecule is CCOc1ccccc1Nc1cc(Nc2ccccc2Br)nc(C)n1. The number of aryl methyl sites for hydroxylation is 1. The van der Waals surface area contributed by atoms with Gasteiger partial charge in [0, 0.05) is 10.5 Å². The molecule has 2 N–H and O–H groups in total. The number of nitrogens with one attached hydrogen (secondary N) is 2. The lowest BCUT2D eigenvalue weighted by atomic mass is 10.3. The largest absolute Gasteiger partial charge is 0.492 e. The first-order chi connectivity index (χ1) is 12.2. The standard InChI is InChI=1S/C19H19BrN4O/c1-3-25-17-11-7-6-10-16(17)24-19-12-18(21-13(2)22-19)23-15-9-5-4-8-14(15)20/h4-12H,3H2,1-2H3,(H2,21,22,23,24). The van der Waals surface area contributed by atoms with E-state index in [4.69, 9.17) is 4.74 Å². The van der Waals surface area contributed by atoms with Gasteiger partial charge in [-0.25, -0.2) is 9.97 Å². The molecule has 0 bridgehead atoms. The number of rotatable bonds is 6. The van der Waals surface area contributed by atoms with Crippen molar-refractivity contribution in [2.75, 3.05) is 17.2 Å². The third-order valence-electron chi connectivity index (χ3n) is 3.42. The van der Waals surface area contributed by atoms with Gasteiger partial charge in [0.2, 0.25) is 0 Å². The van der Waals surface area contributed by atoms with Crippen LogP contribution in [0.5, 0.6) is 5.75 Å². The molecule has 3 rings (SSSR count). The van der Waals surface area contributed by atoms with E-state index in [9.17, 15) is 0 Å². The van der Waals surface area contributed by atoms with Gasteiger partial charge < -0.3 is 15.4 Å². The summed E-state index contributed by atoms with van der Waals surface area (Å²) in [5.74, 6) is 2.89. The molecule has 0 aliphatic carbocycles. The number of benzene rings is 2. The molecule has 0 saturated heterocycles. The van der Waals surface area contributed by atoms with Crippen molar-refractivity contribution < 1.29 is 4.74 Å². The van der Waals surface area contributed by atoms with Crippen molar-refractivity contribution in [2.45, 2.75) is 13.8 Å². The lowest BCUT2D eigenvalue weighted by Crippen LogP contribution is -2.03. The van der Waals surface area contributed by atoms with Crippen molar-refractivity contribution >= 4 is 38.9 Å². The lowest BCUT2D eigenvalue weighted by Gasteiger charge is -2.13. The van der Waals surface area contributed by atoms with E-state index in [-0.39, 0.29) is 0 Å². The predicted molar refractivity (Wildman–Crippen MR) is 105 cm³/mol. The monoisotopic (exact) mass is 398 g/mol. The average Bonchev–Trinajstić information content (AvgIpc) is 2.58. The van der Waals surface area contributed by atoms with Crippen LogP contribution in [0, 0.1) is 6.92 Å². The van der Waals surface area contributed by atoms with Gasteiger partial charge in [0.1, 0.15) is 23.2 Å². The van der Waals surface area contributed by atoms with Gasteiger partial charge in [-0.2, -0.15) is 0 Å². The van der Waals surface area contributed by atoms with Gasteiger partial charge in [0.15, 0.2) is 0 Å². The molecule has 5 nitrogen and oxygen atoms in total. The summed E-state index contributed by atoms with van der Waals surface area (Å²) >= 11 is 3.53. The van der Waals surface area contributed by atoms with Crippen molar-refractivity contribution in [3.63, 3.8) is 0 Å². The van der Waals surface area contributed by atoms with E-state index in [0.717, 1.165) is 27.4 Å². The minimum Gasteiger partial charge on any atom is -0.492 e. The second kappa shape index (κ2) is 7.98. The van der Waals surface area contributed by atoms with E-state index in [1.54, 1.807) is 0 Å². The molecule has 0 radical (unpaired) electrons. The van der Waals surface area contributed by atoms with Crippen molar-refractivity contribution in [3.05, 3.63) is 64.9 Å². The van der Waals surface area contributed by atoms with E-state index in [2.05, 4.69) is 36.5 Å². The highest BCUT2D eigenvalue weighted by atomic mass is 79.9. The smallest absolute Gasteiger partial charge is 0.142 e. The van der Waals surface area contributed by atoms with Crippen LogP contribution in [0.1, 0.15) is 12.7 Å². The second-order valence-electron chi connectivity index (χ2n) is 5.34. The van der Waals surface area contributed by atoms with E-state index in [1.165, 1.54) is 0 Å². The summed E-state index contributed by atoms with van der Waals surface area (Å²) in [4.78, 5) is 8.92. The molecule has 6 heteroatoms. The number of anilines is 4. The molecule has 1 aromatic heterocycles. The molecule has 0 saturated carbocycles. The molecule has 0 spiro atoms. The molecule has 25 heavy (non-hydrogen) atoms. The summed E-state index contributed by atoms with van der Waals surface area (Å²) in [6, 6.07) is 17.6. The zero-order valence-corrected chi connectivity index (χ0v) is 15.7. The molecule has 0 atom stereocenters. The lowest BCUT2D eigenvalue weighted by molar-refractivity contribution is 0.342. The first-order valence-corrected chi connectivity index (χ1v) is 8.81. The number of hydrogen-bond acceptors (Lipinski definition) is 5. The molecular formula is C19H19BrN4O. The Labute approximate surface area is 155 Å². The molecule has 0 amide bonds. The normalized spacial score (nSPS) is 10.4. The zero-order chi connectivity index (χ0) is 17.6. The van der Waals surface area contributed by atoms with Crippen LogP contribution in [0.25, 0.3) is 0 Å². The van der Waals surface area contributed by atoms with E-state index in [0.29, 0.717) is 18.2 Å². The highest BCUT2D eigenvalue weighted by Gasteiger charge is 2.07. The van der Waals surface area contributed by atoms with Crippen LogP contribution >= 0.6 is 15.9 Å². The fourth-order valence-electron chi connectivity index (χ4n) is 2.39. The van der Waals surface area contributed by atoms with Crippen LogP contribution in [0.3, 0.4) is 0 Å². The topological polar surface area (TPSA) is 59.1 Å². The Bertz CT molecular complexity index is 870. The number of hydrogen-bond donors (Lipinski definition) is 2. The van der Waals surface area contributed by atoms with Crippen LogP contribution in [0.15, 0.2) is 59.1 Å². The third kappa shape index (κ3) is 4.48. The number of ether oxygens (including phenoxy) is 1. The molecule has 2 aromatic carbocycles. The summed E-state index contributed by atoms with van der Waals surface area (Å²) in [7, 11) is 0. The maximum Gasteiger partial charge on any atom is 0.142 e. The van der Waals surface area contributed by atoms with Gasteiger partial charge in [-0.15, -0.1) is 0 Å². The van der Waals surface area contributed by atoms with E-state index >= 15 is 0 Å². The second-order valence-corrected chi connectivity index (χ2v) is 6.20. The van der Waals surface area contributed by atoms with E-state index in [1.807, 2.05) is 68.4 Å². The molecule has 1 heterocycles. The Hall–Kier alpha value is -2.60. The first-order valence-electron chi connectivity index (χ1n) is 8.02. The molecular weight excluding hydrogens is 380 g/mol. The Morgan fingerprint density at radius 2 is 1.52 bits per heavy atom. The van der Waals surface area contributed by atoms with Crippen LogP contribution in [-0.4, -0.2) is 16.6 Å². The minimum atomic E-state index is 0.607. The van der Waals surface area contributed by atoms with Crippen molar-refractivity contribution in [3.8, 4) is 5.75 Å². The van der Waals surface area contributed by atoms with Crippen LogP contribution in [0.4, 0.5) is 23.0 Å². The number of nitrogens with zero attached hydrogens (tertiary/aromatic N) is 2. The van der Waals surface area contributed by atoms with Crippen molar-refractivity contribution in [1.82, 2.24) is 9.97 Å². The third-order valence-corrected chi connectivity index (χ3v) is 4.12. The van der Waals surface area contributed by atoms with Crippen molar-refractivity contribution in [1.29, 1.82) is 0 Å². The van der Waals surface area contributed by atoms with Gasteiger partial charge >= 0.3 is 0 Å². The van der Waals surface area contributed by atoms with Gasteiger partial charge in [0.25, 0.3) is 0 Å². The Morgan fingerprint density at radius 1 is 0.920 bits per heavy atom. The quantitative estimate of drug-likeness (QED) is 0.579. The Kier molecular flexibility index (Phi) is 5.50. The maximum atomic E-state index is 5.65.